The zero-order valence-corrected chi connectivity index (χ0v) is 9.64. The molecule has 0 unspecified atom stereocenters. The third-order valence-electron chi connectivity index (χ3n) is 2.67. The number of aromatic hydroxyl groups is 2. The van der Waals surface area contributed by atoms with Crippen LogP contribution in [0.4, 0.5) is 5.69 Å². The Kier molecular flexibility index (Phi) is 3.19. The van der Waals surface area contributed by atoms with Gasteiger partial charge in [-0.05, 0) is 36.8 Å². The Morgan fingerprint density at radius 3 is 2.47 bits per heavy atom. The SMILES string of the molecule is Cc1cc(NCc2ccccc2O)ccc1O. The standard InChI is InChI=1S/C14H15NO2/c1-10-8-12(6-7-13(10)16)15-9-11-4-2-3-5-14(11)17/h2-8,15-17H,9H2,1H3. The van der Waals surface area contributed by atoms with Gasteiger partial charge in [0.1, 0.15) is 11.5 Å². The van der Waals surface area contributed by atoms with Crippen LogP contribution in [0.1, 0.15) is 11.1 Å². The van der Waals surface area contributed by atoms with Crippen molar-refractivity contribution in [2.24, 2.45) is 0 Å². The van der Waals surface area contributed by atoms with Crippen molar-refractivity contribution in [2.75, 3.05) is 5.32 Å². The van der Waals surface area contributed by atoms with Crippen LogP contribution in [-0.2, 0) is 6.54 Å². The molecule has 3 nitrogen and oxygen atoms in total. The van der Waals surface area contributed by atoms with E-state index in [-0.39, 0.29) is 11.5 Å². The molecule has 0 radical (unpaired) electrons. The van der Waals surface area contributed by atoms with Gasteiger partial charge in [0.05, 0.1) is 0 Å². The number of anilines is 1. The number of aryl methyl sites for hydroxylation is 1. The van der Waals surface area contributed by atoms with Gasteiger partial charge in [0.15, 0.2) is 0 Å². The van der Waals surface area contributed by atoms with Crippen molar-refractivity contribution >= 4 is 5.69 Å². The van der Waals surface area contributed by atoms with Gasteiger partial charge in [-0.25, -0.2) is 0 Å². The van der Waals surface area contributed by atoms with Crippen molar-refractivity contribution < 1.29 is 10.2 Å². The molecule has 2 rings (SSSR count). The number of benzene rings is 2. The summed E-state index contributed by atoms with van der Waals surface area (Å²) in [4.78, 5) is 0. The van der Waals surface area contributed by atoms with Crippen LogP contribution in [0.5, 0.6) is 11.5 Å². The van der Waals surface area contributed by atoms with Crippen molar-refractivity contribution in [3.05, 3.63) is 53.6 Å². The molecule has 2 aromatic rings. The molecule has 0 saturated heterocycles. The van der Waals surface area contributed by atoms with Crippen LogP contribution in [0.3, 0.4) is 0 Å². The first-order valence-electron chi connectivity index (χ1n) is 5.47. The third-order valence-corrected chi connectivity index (χ3v) is 2.67. The van der Waals surface area contributed by atoms with Crippen LogP contribution < -0.4 is 5.32 Å². The molecule has 0 spiro atoms. The van der Waals surface area contributed by atoms with Crippen LogP contribution in [0.2, 0.25) is 0 Å². The van der Waals surface area contributed by atoms with E-state index in [2.05, 4.69) is 5.32 Å². The average molecular weight is 229 g/mol. The summed E-state index contributed by atoms with van der Waals surface area (Å²) in [7, 11) is 0. The van der Waals surface area contributed by atoms with Crippen LogP contribution in [0.15, 0.2) is 42.5 Å². The largest absolute Gasteiger partial charge is 0.508 e. The highest BCUT2D eigenvalue weighted by Crippen LogP contribution is 2.22. The number of hydrogen-bond donors (Lipinski definition) is 3. The number of phenolic OH excluding ortho intramolecular Hbond substituents is 2. The smallest absolute Gasteiger partial charge is 0.120 e. The number of nitrogens with one attached hydrogen (secondary N) is 1. The monoisotopic (exact) mass is 229 g/mol. The molecule has 0 heterocycles. The first-order chi connectivity index (χ1) is 8.16. The maximum atomic E-state index is 9.61. The highest BCUT2D eigenvalue weighted by atomic mass is 16.3. The summed E-state index contributed by atoms with van der Waals surface area (Å²) < 4.78 is 0. The van der Waals surface area contributed by atoms with Gasteiger partial charge >= 0.3 is 0 Å². The number of para-hydroxylation sites is 1. The minimum Gasteiger partial charge on any atom is -0.508 e. The maximum absolute atomic E-state index is 9.61. The average Bonchev–Trinajstić information content (AvgIpc) is 2.32. The minimum atomic E-state index is 0.288. The van der Waals surface area contributed by atoms with Gasteiger partial charge in [-0.1, -0.05) is 18.2 Å². The lowest BCUT2D eigenvalue weighted by molar-refractivity contribution is 0.468. The molecule has 88 valence electrons. The number of rotatable bonds is 3. The van der Waals surface area contributed by atoms with Crippen LogP contribution in [0, 0.1) is 6.92 Å². The van der Waals surface area contributed by atoms with E-state index in [1.165, 1.54) is 0 Å². The Bertz CT molecular complexity index is 523. The van der Waals surface area contributed by atoms with Crippen LogP contribution in [-0.4, -0.2) is 10.2 Å². The van der Waals surface area contributed by atoms with Gasteiger partial charge in [0.25, 0.3) is 0 Å². The highest BCUT2D eigenvalue weighted by Gasteiger charge is 2.01. The van der Waals surface area contributed by atoms with Gasteiger partial charge in [0.2, 0.25) is 0 Å². The number of hydrogen-bond acceptors (Lipinski definition) is 3. The molecule has 0 amide bonds. The fraction of sp³-hybridized carbons (Fsp3) is 0.143. The molecule has 0 fully saturated rings. The van der Waals surface area contributed by atoms with E-state index in [1.54, 1.807) is 18.2 Å². The van der Waals surface area contributed by atoms with E-state index in [9.17, 15) is 10.2 Å². The quantitative estimate of drug-likeness (QED) is 0.709. The van der Waals surface area contributed by atoms with E-state index < -0.39 is 0 Å². The normalized spacial score (nSPS) is 10.2. The Balaban J connectivity index is 2.08. The molecule has 3 heteroatoms. The summed E-state index contributed by atoms with van der Waals surface area (Å²) >= 11 is 0. The summed E-state index contributed by atoms with van der Waals surface area (Å²) in [5.74, 6) is 0.577. The van der Waals surface area contributed by atoms with Gasteiger partial charge in [-0.15, -0.1) is 0 Å². The van der Waals surface area contributed by atoms with Crippen molar-refractivity contribution in [3.8, 4) is 11.5 Å². The van der Waals surface area contributed by atoms with E-state index in [0.29, 0.717) is 6.54 Å². The number of phenols is 2. The predicted octanol–water partition coefficient (Wildman–Crippen LogP) is 3.02. The maximum Gasteiger partial charge on any atom is 0.120 e. The summed E-state index contributed by atoms with van der Waals surface area (Å²) in [5, 5.41) is 22.2. The van der Waals surface area contributed by atoms with Crippen molar-refractivity contribution in [2.45, 2.75) is 13.5 Å². The Hall–Kier alpha value is -2.16. The fourth-order valence-corrected chi connectivity index (χ4v) is 1.62. The summed E-state index contributed by atoms with van der Waals surface area (Å²) in [5.41, 5.74) is 2.59. The molecule has 0 aliphatic heterocycles. The topological polar surface area (TPSA) is 52.5 Å². The molecule has 0 aromatic heterocycles. The van der Waals surface area contributed by atoms with Gasteiger partial charge in [0, 0.05) is 17.8 Å². The van der Waals surface area contributed by atoms with Gasteiger partial charge in [-0.2, -0.15) is 0 Å². The third kappa shape index (κ3) is 2.69. The summed E-state index contributed by atoms with van der Waals surface area (Å²) in [6.07, 6.45) is 0. The van der Waals surface area contributed by atoms with Crippen molar-refractivity contribution in [1.82, 2.24) is 0 Å². The summed E-state index contributed by atoms with van der Waals surface area (Å²) in [6.45, 7) is 2.40. The Morgan fingerprint density at radius 2 is 1.76 bits per heavy atom. The Morgan fingerprint density at radius 1 is 1.00 bits per heavy atom. The first-order valence-corrected chi connectivity index (χ1v) is 5.47. The zero-order chi connectivity index (χ0) is 12.3. The van der Waals surface area contributed by atoms with E-state index >= 15 is 0 Å². The molecule has 2 aromatic carbocycles. The fourth-order valence-electron chi connectivity index (χ4n) is 1.62. The zero-order valence-electron chi connectivity index (χ0n) is 9.64. The van der Waals surface area contributed by atoms with Crippen LogP contribution >= 0.6 is 0 Å². The molecule has 0 aliphatic rings. The molecule has 0 atom stereocenters. The molecular formula is C14H15NO2. The Labute approximate surface area is 100 Å². The summed E-state index contributed by atoms with van der Waals surface area (Å²) in [6, 6.07) is 12.6. The second kappa shape index (κ2) is 4.78. The molecule has 0 aliphatic carbocycles. The second-order valence-corrected chi connectivity index (χ2v) is 3.98. The lowest BCUT2D eigenvalue weighted by Gasteiger charge is -2.09. The van der Waals surface area contributed by atoms with E-state index in [0.717, 1.165) is 16.8 Å². The second-order valence-electron chi connectivity index (χ2n) is 3.98. The molecule has 0 saturated carbocycles. The van der Waals surface area contributed by atoms with Gasteiger partial charge < -0.3 is 15.5 Å². The molecule has 17 heavy (non-hydrogen) atoms. The van der Waals surface area contributed by atoms with E-state index in [4.69, 9.17) is 0 Å². The minimum absolute atomic E-state index is 0.288. The van der Waals surface area contributed by atoms with Gasteiger partial charge in [-0.3, -0.25) is 0 Å². The molecule has 0 bridgehead atoms. The molecular weight excluding hydrogens is 214 g/mol. The lowest BCUT2D eigenvalue weighted by atomic mass is 10.1. The molecule has 3 N–H and O–H groups in total. The van der Waals surface area contributed by atoms with Crippen molar-refractivity contribution in [1.29, 1.82) is 0 Å². The van der Waals surface area contributed by atoms with Crippen LogP contribution in [0.25, 0.3) is 0 Å². The van der Waals surface area contributed by atoms with E-state index in [1.807, 2.05) is 31.2 Å². The predicted molar refractivity (Wildman–Crippen MR) is 68.3 cm³/mol. The lowest BCUT2D eigenvalue weighted by Crippen LogP contribution is -1.99. The van der Waals surface area contributed by atoms with Crippen molar-refractivity contribution in [3.63, 3.8) is 0 Å². The highest BCUT2D eigenvalue weighted by molar-refractivity contribution is 5.51. The first kappa shape index (κ1) is 11.3.